The zero-order valence-corrected chi connectivity index (χ0v) is 22.6. The van der Waals surface area contributed by atoms with Gasteiger partial charge in [0.05, 0.1) is 5.56 Å². The SMILES string of the molecule is Cc1nc(-c2ccc(-c3nnc(SCCCN4CCC5(CC5c5ccc(C(F)(F)F)cc5)C4)n3C)cc2)no1. The second-order valence-electron chi connectivity index (χ2n) is 10.5. The van der Waals surface area contributed by atoms with E-state index in [0.29, 0.717) is 17.6 Å². The molecule has 2 aromatic carbocycles. The van der Waals surface area contributed by atoms with E-state index in [9.17, 15) is 13.2 Å². The van der Waals surface area contributed by atoms with Crippen LogP contribution in [0.1, 0.15) is 42.2 Å². The largest absolute Gasteiger partial charge is 0.416 e. The molecule has 2 aromatic heterocycles. The molecule has 0 bridgehead atoms. The van der Waals surface area contributed by atoms with E-state index in [1.807, 2.05) is 35.9 Å². The van der Waals surface area contributed by atoms with Gasteiger partial charge in [0.2, 0.25) is 11.7 Å². The van der Waals surface area contributed by atoms with E-state index in [2.05, 4.69) is 25.2 Å². The molecule has 7 nitrogen and oxygen atoms in total. The summed E-state index contributed by atoms with van der Waals surface area (Å²) in [5.41, 5.74) is 2.56. The van der Waals surface area contributed by atoms with Crippen LogP contribution in [0.4, 0.5) is 13.2 Å². The average molecular weight is 555 g/mol. The minimum Gasteiger partial charge on any atom is -0.339 e. The Morgan fingerprint density at radius 3 is 2.49 bits per heavy atom. The topological polar surface area (TPSA) is 72.9 Å². The standard InChI is InChI=1S/C28H29F3N6OS/c1-18-32-24(35-38-18)20-4-6-21(7-5-20)25-33-34-26(36(25)2)39-15-3-13-37-14-12-27(17-37)16-23(27)19-8-10-22(11-9-19)28(29,30)31/h4-11,23H,3,12-17H2,1-2H3. The summed E-state index contributed by atoms with van der Waals surface area (Å²) in [5.74, 6) is 3.21. The van der Waals surface area contributed by atoms with E-state index in [-0.39, 0.29) is 5.41 Å². The Labute approximate surface area is 228 Å². The molecule has 11 heteroatoms. The van der Waals surface area contributed by atoms with E-state index in [1.54, 1.807) is 30.8 Å². The van der Waals surface area contributed by atoms with Crippen LogP contribution in [0.5, 0.6) is 0 Å². The summed E-state index contributed by atoms with van der Waals surface area (Å²) >= 11 is 1.70. The number of hydrogen-bond donors (Lipinski definition) is 0. The molecule has 2 aliphatic rings. The third-order valence-electron chi connectivity index (χ3n) is 7.91. The maximum absolute atomic E-state index is 12.9. The summed E-state index contributed by atoms with van der Waals surface area (Å²) in [6.07, 6.45) is -1.06. The highest BCUT2D eigenvalue weighted by Gasteiger charge is 2.57. The number of halogens is 3. The van der Waals surface area contributed by atoms with Crippen LogP contribution >= 0.6 is 11.8 Å². The molecule has 4 aromatic rings. The maximum Gasteiger partial charge on any atom is 0.416 e. The number of aromatic nitrogens is 5. The Morgan fingerprint density at radius 2 is 1.79 bits per heavy atom. The number of aryl methyl sites for hydroxylation is 1. The lowest BCUT2D eigenvalue weighted by atomic mass is 9.97. The quantitative estimate of drug-likeness (QED) is 0.189. The normalized spacial score (nSPS) is 21.2. The number of alkyl halides is 3. The van der Waals surface area contributed by atoms with E-state index in [4.69, 9.17) is 4.52 Å². The van der Waals surface area contributed by atoms with Gasteiger partial charge in [-0.15, -0.1) is 10.2 Å². The van der Waals surface area contributed by atoms with Crippen LogP contribution < -0.4 is 0 Å². The summed E-state index contributed by atoms with van der Waals surface area (Å²) in [7, 11) is 1.98. The fourth-order valence-corrected chi connectivity index (χ4v) is 6.51. The lowest BCUT2D eigenvalue weighted by Gasteiger charge is -2.16. The third-order valence-corrected chi connectivity index (χ3v) is 9.01. The van der Waals surface area contributed by atoms with Crippen LogP contribution in [0, 0.1) is 12.3 Å². The minimum atomic E-state index is -4.28. The molecule has 204 valence electrons. The van der Waals surface area contributed by atoms with E-state index in [0.717, 1.165) is 72.3 Å². The molecule has 0 amide bonds. The van der Waals surface area contributed by atoms with Gasteiger partial charge >= 0.3 is 6.18 Å². The molecule has 0 radical (unpaired) electrons. The highest BCUT2D eigenvalue weighted by molar-refractivity contribution is 7.99. The molecule has 3 heterocycles. The van der Waals surface area contributed by atoms with Crippen molar-refractivity contribution in [2.75, 3.05) is 25.4 Å². The Kier molecular flexibility index (Phi) is 6.74. The van der Waals surface area contributed by atoms with Crippen molar-refractivity contribution in [3.63, 3.8) is 0 Å². The van der Waals surface area contributed by atoms with Crippen molar-refractivity contribution in [1.82, 2.24) is 29.8 Å². The fourth-order valence-electron chi connectivity index (χ4n) is 5.68. The van der Waals surface area contributed by atoms with Gasteiger partial charge < -0.3 is 14.0 Å². The number of benzene rings is 2. The molecule has 1 spiro atoms. The van der Waals surface area contributed by atoms with Gasteiger partial charge in [0.25, 0.3) is 0 Å². The van der Waals surface area contributed by atoms with E-state index < -0.39 is 11.7 Å². The average Bonchev–Trinajstić information content (AvgIpc) is 3.20. The zero-order chi connectivity index (χ0) is 27.2. The van der Waals surface area contributed by atoms with Gasteiger partial charge in [-0.3, -0.25) is 0 Å². The first-order valence-corrected chi connectivity index (χ1v) is 14.0. The highest BCUT2D eigenvalue weighted by Crippen LogP contribution is 2.64. The molecular formula is C28H29F3N6OS. The smallest absolute Gasteiger partial charge is 0.339 e. The third kappa shape index (κ3) is 5.34. The molecule has 1 aliphatic carbocycles. The second-order valence-corrected chi connectivity index (χ2v) is 11.6. The van der Waals surface area contributed by atoms with Gasteiger partial charge in [-0.25, -0.2) is 0 Å². The number of likely N-dealkylation sites (tertiary alicyclic amines) is 1. The predicted octanol–water partition coefficient (Wildman–Crippen LogP) is 6.22. The van der Waals surface area contributed by atoms with Crippen LogP contribution in [0.3, 0.4) is 0 Å². The van der Waals surface area contributed by atoms with Crippen LogP contribution in [-0.4, -0.2) is 55.2 Å². The summed E-state index contributed by atoms with van der Waals surface area (Å²) in [4.78, 5) is 6.76. The summed E-state index contributed by atoms with van der Waals surface area (Å²) in [6, 6.07) is 13.6. The van der Waals surface area contributed by atoms with Crippen molar-refractivity contribution in [3.05, 3.63) is 65.5 Å². The summed E-state index contributed by atoms with van der Waals surface area (Å²) < 4.78 is 45.7. The first kappa shape index (κ1) is 26.1. The molecule has 39 heavy (non-hydrogen) atoms. The molecule has 1 saturated heterocycles. The van der Waals surface area contributed by atoms with Gasteiger partial charge in [-0.05, 0) is 61.4 Å². The number of thioether (sulfide) groups is 1. The van der Waals surface area contributed by atoms with Crippen LogP contribution in [-0.2, 0) is 13.2 Å². The monoisotopic (exact) mass is 554 g/mol. The highest BCUT2D eigenvalue weighted by atomic mass is 32.2. The molecule has 2 atom stereocenters. The van der Waals surface area contributed by atoms with Crippen molar-refractivity contribution in [2.45, 2.75) is 43.4 Å². The molecular weight excluding hydrogens is 525 g/mol. The molecule has 2 fully saturated rings. The Balaban J connectivity index is 0.977. The van der Waals surface area contributed by atoms with Gasteiger partial charge in [0.15, 0.2) is 11.0 Å². The first-order chi connectivity index (χ1) is 18.7. The van der Waals surface area contributed by atoms with Gasteiger partial charge in [0.1, 0.15) is 0 Å². The Bertz CT molecular complexity index is 1450. The van der Waals surface area contributed by atoms with Crippen molar-refractivity contribution < 1.29 is 17.7 Å². The lowest BCUT2D eigenvalue weighted by molar-refractivity contribution is -0.137. The maximum atomic E-state index is 12.9. The van der Waals surface area contributed by atoms with Crippen LogP contribution in [0.2, 0.25) is 0 Å². The van der Waals surface area contributed by atoms with Crippen molar-refractivity contribution in [1.29, 1.82) is 0 Å². The molecule has 6 rings (SSSR count). The Hall–Kier alpha value is -3.18. The number of rotatable bonds is 8. The van der Waals surface area contributed by atoms with Crippen molar-refractivity contribution in [3.8, 4) is 22.8 Å². The predicted molar refractivity (Wildman–Crippen MR) is 142 cm³/mol. The van der Waals surface area contributed by atoms with Crippen LogP contribution in [0.15, 0.2) is 58.2 Å². The molecule has 0 N–H and O–H groups in total. The Morgan fingerprint density at radius 1 is 1.05 bits per heavy atom. The molecule has 2 unspecified atom stereocenters. The molecule has 1 saturated carbocycles. The van der Waals surface area contributed by atoms with Gasteiger partial charge in [-0.1, -0.05) is 53.3 Å². The first-order valence-electron chi connectivity index (χ1n) is 13.0. The summed E-state index contributed by atoms with van der Waals surface area (Å²) in [6.45, 7) is 4.85. The minimum absolute atomic E-state index is 0.240. The zero-order valence-electron chi connectivity index (χ0n) is 21.8. The fraction of sp³-hybridized carbons (Fsp3) is 0.429. The van der Waals surface area contributed by atoms with Crippen LogP contribution in [0.25, 0.3) is 22.8 Å². The summed E-state index contributed by atoms with van der Waals surface area (Å²) in [5, 5.41) is 13.6. The number of hydrogen-bond acceptors (Lipinski definition) is 7. The second kappa shape index (κ2) is 10.1. The van der Waals surface area contributed by atoms with Crippen molar-refractivity contribution in [2.24, 2.45) is 12.5 Å². The van der Waals surface area contributed by atoms with E-state index >= 15 is 0 Å². The van der Waals surface area contributed by atoms with Gasteiger partial charge in [-0.2, -0.15) is 18.2 Å². The lowest BCUT2D eigenvalue weighted by Crippen LogP contribution is -2.23. The number of nitrogens with zero attached hydrogens (tertiary/aromatic N) is 6. The molecule has 1 aliphatic heterocycles. The van der Waals surface area contributed by atoms with Gasteiger partial charge in [0, 0.05) is 37.4 Å². The van der Waals surface area contributed by atoms with E-state index in [1.165, 1.54) is 12.1 Å². The van der Waals surface area contributed by atoms with Crippen molar-refractivity contribution >= 4 is 11.8 Å².